The van der Waals surface area contributed by atoms with Crippen molar-refractivity contribution in [3.8, 4) is 0 Å². The maximum Gasteiger partial charge on any atom is 0.157 e. The molecular weight excluding hydrogens is 268 g/mol. The summed E-state index contributed by atoms with van der Waals surface area (Å²) < 4.78 is 1.95. The average molecular weight is 286 g/mol. The van der Waals surface area contributed by atoms with Crippen LogP contribution in [0.15, 0.2) is 53.8 Å². The number of aromatic nitrogens is 2. The van der Waals surface area contributed by atoms with Gasteiger partial charge in [-0.3, -0.25) is 9.67 Å². The van der Waals surface area contributed by atoms with Crippen molar-refractivity contribution < 1.29 is 0 Å². The number of thioether (sulfide) groups is 1. The van der Waals surface area contributed by atoms with Gasteiger partial charge in [-0.25, -0.2) is 0 Å². The summed E-state index contributed by atoms with van der Waals surface area (Å²) in [5.74, 6) is 1.06. The minimum atomic E-state index is 0.395. The molecule has 1 atom stereocenters. The minimum Gasteiger partial charge on any atom is -0.357 e. The smallest absolute Gasteiger partial charge is 0.157 e. The molecular formula is C15H18N4S. The number of benzene rings is 1. The Balaban J connectivity index is 1.46. The van der Waals surface area contributed by atoms with Crippen LogP contribution in [-0.2, 0) is 6.54 Å². The molecule has 104 valence electrons. The van der Waals surface area contributed by atoms with Crippen LogP contribution in [0.5, 0.6) is 0 Å². The van der Waals surface area contributed by atoms with E-state index in [0.29, 0.717) is 6.04 Å². The van der Waals surface area contributed by atoms with E-state index in [1.807, 2.05) is 34.9 Å². The fourth-order valence-corrected chi connectivity index (χ4v) is 3.21. The molecule has 2 heterocycles. The Morgan fingerprint density at radius 1 is 1.30 bits per heavy atom. The molecule has 0 aliphatic carbocycles. The van der Waals surface area contributed by atoms with Crippen molar-refractivity contribution in [2.45, 2.75) is 19.0 Å². The lowest BCUT2D eigenvalue weighted by Crippen LogP contribution is -2.19. The third-order valence-corrected chi connectivity index (χ3v) is 4.27. The molecule has 1 aromatic carbocycles. The molecule has 3 rings (SSSR count). The predicted octanol–water partition coefficient (Wildman–Crippen LogP) is 2.71. The van der Waals surface area contributed by atoms with Gasteiger partial charge in [0, 0.05) is 31.2 Å². The van der Waals surface area contributed by atoms with Crippen LogP contribution in [0.3, 0.4) is 0 Å². The quantitative estimate of drug-likeness (QED) is 0.859. The summed E-state index contributed by atoms with van der Waals surface area (Å²) in [5.41, 5.74) is 1.33. The summed E-state index contributed by atoms with van der Waals surface area (Å²) in [4.78, 5) is 4.63. The van der Waals surface area contributed by atoms with Crippen LogP contribution in [0, 0.1) is 0 Å². The van der Waals surface area contributed by atoms with Crippen LogP contribution in [0.2, 0.25) is 0 Å². The van der Waals surface area contributed by atoms with Gasteiger partial charge >= 0.3 is 0 Å². The fourth-order valence-electron chi connectivity index (χ4n) is 2.20. The molecule has 0 spiro atoms. The molecule has 1 N–H and O–H groups in total. The summed E-state index contributed by atoms with van der Waals surface area (Å²) in [6.45, 7) is 1.77. The van der Waals surface area contributed by atoms with E-state index < -0.39 is 0 Å². The number of aryl methyl sites for hydroxylation is 1. The van der Waals surface area contributed by atoms with Crippen LogP contribution in [0.4, 0.5) is 0 Å². The van der Waals surface area contributed by atoms with E-state index in [0.717, 1.165) is 30.4 Å². The molecule has 0 bridgehead atoms. The molecule has 0 radical (unpaired) electrons. The van der Waals surface area contributed by atoms with Gasteiger partial charge < -0.3 is 5.32 Å². The van der Waals surface area contributed by atoms with Gasteiger partial charge in [0.1, 0.15) is 0 Å². The van der Waals surface area contributed by atoms with E-state index in [-0.39, 0.29) is 0 Å². The molecule has 1 unspecified atom stereocenters. The highest BCUT2D eigenvalue weighted by Crippen LogP contribution is 2.25. The molecule has 0 amide bonds. The zero-order valence-corrected chi connectivity index (χ0v) is 12.1. The Hall–Kier alpha value is -1.75. The number of hydrogen-bond acceptors (Lipinski definition) is 3. The van der Waals surface area contributed by atoms with Crippen molar-refractivity contribution in [2.75, 3.05) is 12.3 Å². The number of aliphatic imine (C=N–C) groups is 1. The highest BCUT2D eigenvalue weighted by atomic mass is 32.2. The van der Waals surface area contributed by atoms with Crippen molar-refractivity contribution >= 4 is 16.9 Å². The van der Waals surface area contributed by atoms with Crippen LogP contribution in [0.1, 0.15) is 18.0 Å². The van der Waals surface area contributed by atoms with E-state index in [1.165, 1.54) is 5.56 Å². The van der Waals surface area contributed by atoms with Gasteiger partial charge in [-0.2, -0.15) is 5.10 Å². The van der Waals surface area contributed by atoms with E-state index in [4.69, 9.17) is 0 Å². The van der Waals surface area contributed by atoms with E-state index in [9.17, 15) is 0 Å². The Morgan fingerprint density at radius 2 is 2.20 bits per heavy atom. The van der Waals surface area contributed by atoms with E-state index >= 15 is 0 Å². The number of nitrogens with zero attached hydrogens (tertiary/aromatic N) is 3. The Labute approximate surface area is 123 Å². The number of hydrogen-bond donors (Lipinski definition) is 1. The summed E-state index contributed by atoms with van der Waals surface area (Å²) in [5, 5.41) is 8.74. The zero-order chi connectivity index (χ0) is 13.6. The molecule has 1 aliphatic heterocycles. The Bertz CT molecular complexity index is 551. The second-order valence-electron chi connectivity index (χ2n) is 4.73. The molecule has 1 aliphatic rings. The number of rotatable bonds is 5. The topological polar surface area (TPSA) is 42.2 Å². The number of nitrogens with one attached hydrogen (secondary N) is 1. The zero-order valence-electron chi connectivity index (χ0n) is 11.3. The Kier molecular flexibility index (Phi) is 4.38. The monoisotopic (exact) mass is 286 g/mol. The lowest BCUT2D eigenvalue weighted by atomic mass is 10.1. The minimum absolute atomic E-state index is 0.395. The summed E-state index contributed by atoms with van der Waals surface area (Å²) in [6.07, 6.45) is 4.81. The largest absolute Gasteiger partial charge is 0.357 e. The lowest BCUT2D eigenvalue weighted by molar-refractivity contribution is 0.585. The van der Waals surface area contributed by atoms with Crippen molar-refractivity contribution in [1.82, 2.24) is 15.1 Å². The fraction of sp³-hybridized carbons (Fsp3) is 0.333. The summed E-state index contributed by atoms with van der Waals surface area (Å²) in [6, 6.07) is 12.9. The molecule has 5 heteroatoms. The van der Waals surface area contributed by atoms with Gasteiger partial charge in [-0.05, 0) is 18.1 Å². The van der Waals surface area contributed by atoms with Crippen molar-refractivity contribution in [1.29, 1.82) is 0 Å². The summed E-state index contributed by atoms with van der Waals surface area (Å²) >= 11 is 1.81. The highest BCUT2D eigenvalue weighted by molar-refractivity contribution is 8.14. The van der Waals surface area contributed by atoms with E-state index in [1.54, 1.807) is 0 Å². The van der Waals surface area contributed by atoms with Crippen LogP contribution >= 0.6 is 11.8 Å². The molecule has 2 aromatic rings. The van der Waals surface area contributed by atoms with Crippen LogP contribution in [0.25, 0.3) is 0 Å². The highest BCUT2D eigenvalue weighted by Gasteiger charge is 2.21. The van der Waals surface area contributed by atoms with Gasteiger partial charge in [0.2, 0.25) is 0 Å². The molecule has 0 saturated carbocycles. The van der Waals surface area contributed by atoms with Crippen molar-refractivity contribution in [3.05, 3.63) is 54.4 Å². The first-order valence-corrected chi connectivity index (χ1v) is 7.86. The van der Waals surface area contributed by atoms with Gasteiger partial charge in [0.25, 0.3) is 0 Å². The third-order valence-electron chi connectivity index (χ3n) is 3.25. The second kappa shape index (κ2) is 6.61. The van der Waals surface area contributed by atoms with Crippen molar-refractivity contribution in [3.63, 3.8) is 0 Å². The molecule has 4 nitrogen and oxygen atoms in total. The van der Waals surface area contributed by atoms with Gasteiger partial charge in [0.15, 0.2) is 5.17 Å². The van der Waals surface area contributed by atoms with Gasteiger partial charge in [-0.1, -0.05) is 42.1 Å². The standard InChI is InChI=1S/C15H18N4S/c1-2-6-13(7-3-1)14-12-20-15(18-14)16-8-4-10-19-11-5-9-17-19/h1-3,5-7,9,11,14H,4,8,10,12H2,(H,16,18). The maximum atomic E-state index is 4.63. The second-order valence-corrected chi connectivity index (χ2v) is 5.74. The maximum absolute atomic E-state index is 4.63. The van der Waals surface area contributed by atoms with Gasteiger partial charge in [-0.15, -0.1) is 0 Å². The van der Waals surface area contributed by atoms with Crippen LogP contribution < -0.4 is 5.32 Å². The lowest BCUT2D eigenvalue weighted by Gasteiger charge is -2.09. The first-order chi connectivity index (χ1) is 9.92. The molecule has 1 fully saturated rings. The molecule has 1 aromatic heterocycles. The number of amidine groups is 1. The predicted molar refractivity (Wildman–Crippen MR) is 83.9 cm³/mol. The van der Waals surface area contributed by atoms with Crippen LogP contribution in [-0.4, -0.2) is 27.2 Å². The normalized spacial score (nSPS) is 20.2. The third kappa shape index (κ3) is 3.42. The summed E-state index contributed by atoms with van der Waals surface area (Å²) in [7, 11) is 0. The first-order valence-electron chi connectivity index (χ1n) is 6.88. The Morgan fingerprint density at radius 3 is 3.00 bits per heavy atom. The first kappa shape index (κ1) is 13.2. The van der Waals surface area contributed by atoms with Crippen molar-refractivity contribution in [2.24, 2.45) is 4.99 Å². The average Bonchev–Trinajstić information content (AvgIpc) is 3.16. The van der Waals surface area contributed by atoms with Gasteiger partial charge in [0.05, 0.1) is 6.04 Å². The SMILES string of the molecule is c1ccc(C2CSC(=NCCCn3cccn3)N2)cc1. The molecule has 20 heavy (non-hydrogen) atoms. The van der Waals surface area contributed by atoms with E-state index in [2.05, 4.69) is 45.7 Å². The molecule has 1 saturated heterocycles.